The van der Waals surface area contributed by atoms with Crippen LogP contribution in [0.15, 0.2) is 54.7 Å². The minimum absolute atomic E-state index is 0.0248. The molecule has 0 bridgehead atoms. The Bertz CT molecular complexity index is 1670. The Morgan fingerprint density at radius 2 is 1.95 bits per heavy atom. The van der Waals surface area contributed by atoms with Crippen molar-refractivity contribution in [2.75, 3.05) is 19.7 Å². The third-order valence-electron chi connectivity index (χ3n) is 8.67. The monoisotopic (exact) mass is 585 g/mol. The summed E-state index contributed by atoms with van der Waals surface area (Å²) in [6, 6.07) is 13.4. The average molecular weight is 586 g/mol. The zero-order valence-electron chi connectivity index (χ0n) is 23.4. The highest BCUT2D eigenvalue weighted by molar-refractivity contribution is 6.30. The normalized spacial score (nSPS) is 22.5. The Morgan fingerprint density at radius 1 is 1.12 bits per heavy atom. The number of carboxylic acid groups (broad SMARTS) is 1. The summed E-state index contributed by atoms with van der Waals surface area (Å²) >= 11 is 6.08. The summed E-state index contributed by atoms with van der Waals surface area (Å²) in [6.07, 6.45) is 8.93. The van der Waals surface area contributed by atoms with Gasteiger partial charge in [0.05, 0.1) is 29.9 Å². The first kappa shape index (κ1) is 27.1. The van der Waals surface area contributed by atoms with Crippen LogP contribution in [0.25, 0.3) is 17.2 Å². The lowest BCUT2D eigenvalue weighted by atomic mass is 9.86. The van der Waals surface area contributed by atoms with E-state index < -0.39 is 11.6 Å². The Morgan fingerprint density at radius 3 is 2.67 bits per heavy atom. The highest BCUT2D eigenvalue weighted by Gasteiger charge is 2.34. The van der Waals surface area contributed by atoms with E-state index >= 15 is 0 Å². The quantitative estimate of drug-likeness (QED) is 0.296. The number of ether oxygens (including phenoxy) is 2. The molecule has 2 saturated heterocycles. The smallest absolute Gasteiger partial charge is 0.354 e. The van der Waals surface area contributed by atoms with Gasteiger partial charge in [-0.1, -0.05) is 35.9 Å². The largest absolute Gasteiger partial charge is 0.477 e. The second kappa shape index (κ2) is 10.8. The molecule has 1 aromatic carbocycles. The highest BCUT2D eigenvalue weighted by Crippen LogP contribution is 2.43. The maximum atomic E-state index is 11.6. The molecule has 2 fully saturated rings. The molecule has 216 valence electrons. The van der Waals surface area contributed by atoms with Crippen molar-refractivity contribution in [3.8, 4) is 5.75 Å². The SMILES string of the molecule is C[C@]1(c2ccc(Cl)cn2)C=Cc2cccc(C3CCN(Cc4nc5ccc(C(=O)O)nc5n4C[C@@H]4CCO4)CC3)c2O1. The van der Waals surface area contributed by atoms with Crippen LogP contribution in [0.3, 0.4) is 0 Å². The van der Waals surface area contributed by atoms with Crippen molar-refractivity contribution in [1.82, 2.24) is 24.4 Å². The average Bonchev–Trinajstić information content (AvgIpc) is 3.31. The first-order valence-electron chi connectivity index (χ1n) is 14.4. The van der Waals surface area contributed by atoms with Gasteiger partial charge in [-0.3, -0.25) is 9.88 Å². The number of hydrogen-bond donors (Lipinski definition) is 1. The zero-order chi connectivity index (χ0) is 28.8. The third kappa shape index (κ3) is 5.06. The van der Waals surface area contributed by atoms with Gasteiger partial charge in [0, 0.05) is 18.4 Å². The maximum absolute atomic E-state index is 11.6. The summed E-state index contributed by atoms with van der Waals surface area (Å²) in [5.41, 5.74) is 3.80. The van der Waals surface area contributed by atoms with Crippen LogP contribution in [0.4, 0.5) is 0 Å². The number of rotatable bonds is 7. The molecule has 3 aromatic heterocycles. The number of likely N-dealkylation sites (tertiary alicyclic amines) is 1. The maximum Gasteiger partial charge on any atom is 0.354 e. The number of carboxylic acids is 1. The Labute approximate surface area is 248 Å². The number of pyridine rings is 2. The van der Waals surface area contributed by atoms with Gasteiger partial charge in [0.2, 0.25) is 0 Å². The molecule has 7 rings (SSSR count). The summed E-state index contributed by atoms with van der Waals surface area (Å²) < 4.78 is 14.5. The number of nitrogens with zero attached hydrogens (tertiary/aromatic N) is 5. The van der Waals surface area contributed by atoms with Gasteiger partial charge in [0.25, 0.3) is 0 Å². The third-order valence-corrected chi connectivity index (χ3v) is 8.89. The van der Waals surface area contributed by atoms with Gasteiger partial charge in [-0.25, -0.2) is 14.8 Å². The number of fused-ring (bicyclic) bond motifs is 2. The number of aromatic nitrogens is 4. The second-order valence-electron chi connectivity index (χ2n) is 11.5. The van der Waals surface area contributed by atoms with E-state index in [1.165, 1.54) is 11.6 Å². The highest BCUT2D eigenvalue weighted by atomic mass is 35.5. The van der Waals surface area contributed by atoms with Gasteiger partial charge in [-0.05, 0) is 81.1 Å². The molecule has 0 saturated carbocycles. The molecule has 6 heterocycles. The van der Waals surface area contributed by atoms with Crippen molar-refractivity contribution in [2.45, 2.75) is 56.9 Å². The molecule has 2 atom stereocenters. The van der Waals surface area contributed by atoms with Gasteiger partial charge in [-0.15, -0.1) is 0 Å². The zero-order valence-corrected chi connectivity index (χ0v) is 24.1. The number of aromatic carboxylic acids is 1. The molecule has 9 nitrogen and oxygen atoms in total. The molecule has 4 aromatic rings. The number of piperidine rings is 1. The molecule has 0 spiro atoms. The lowest BCUT2D eigenvalue weighted by Gasteiger charge is -2.36. The summed E-state index contributed by atoms with van der Waals surface area (Å²) in [5.74, 6) is 1.15. The minimum atomic E-state index is -1.04. The van der Waals surface area contributed by atoms with Crippen molar-refractivity contribution < 1.29 is 19.4 Å². The first-order chi connectivity index (χ1) is 20.4. The molecule has 10 heteroatoms. The predicted octanol–water partition coefficient (Wildman–Crippen LogP) is 5.67. The van der Waals surface area contributed by atoms with Crippen LogP contribution < -0.4 is 4.74 Å². The molecule has 1 N–H and O–H groups in total. The molecule has 42 heavy (non-hydrogen) atoms. The fourth-order valence-electron chi connectivity index (χ4n) is 6.16. The molecular formula is C32H32ClN5O4. The van der Waals surface area contributed by atoms with E-state index in [0.29, 0.717) is 35.2 Å². The fraction of sp³-hybridized carbons (Fsp3) is 0.375. The number of imidazole rings is 1. The van der Waals surface area contributed by atoms with Gasteiger partial charge in [-0.2, -0.15) is 0 Å². The number of para-hydroxylation sites is 1. The lowest BCUT2D eigenvalue weighted by molar-refractivity contribution is -0.0593. The van der Waals surface area contributed by atoms with E-state index in [1.807, 2.05) is 19.1 Å². The summed E-state index contributed by atoms with van der Waals surface area (Å²) in [5, 5.41) is 10.1. The van der Waals surface area contributed by atoms with E-state index in [2.05, 4.69) is 49.8 Å². The minimum Gasteiger partial charge on any atom is -0.477 e. The van der Waals surface area contributed by atoms with Gasteiger partial charge >= 0.3 is 5.97 Å². The van der Waals surface area contributed by atoms with Gasteiger partial charge < -0.3 is 19.1 Å². The van der Waals surface area contributed by atoms with Crippen LogP contribution in [0.5, 0.6) is 5.75 Å². The Balaban J connectivity index is 1.09. The second-order valence-corrected chi connectivity index (χ2v) is 11.9. The van der Waals surface area contributed by atoms with Crippen LogP contribution in [-0.4, -0.2) is 61.3 Å². The van der Waals surface area contributed by atoms with Crippen LogP contribution in [0, 0.1) is 0 Å². The van der Waals surface area contributed by atoms with E-state index in [9.17, 15) is 9.90 Å². The van der Waals surface area contributed by atoms with Crippen molar-refractivity contribution in [2.24, 2.45) is 0 Å². The molecule has 0 radical (unpaired) electrons. The van der Waals surface area contributed by atoms with E-state index in [4.69, 9.17) is 26.1 Å². The van der Waals surface area contributed by atoms with E-state index in [0.717, 1.165) is 61.8 Å². The Hall–Kier alpha value is -3.79. The van der Waals surface area contributed by atoms with Crippen molar-refractivity contribution in [1.29, 1.82) is 0 Å². The molecule has 0 aliphatic carbocycles. The number of benzene rings is 1. The fourth-order valence-corrected chi connectivity index (χ4v) is 6.27. The number of halogens is 1. The van der Waals surface area contributed by atoms with Crippen LogP contribution in [0.2, 0.25) is 5.02 Å². The number of carbonyl (C=O) groups is 1. The van der Waals surface area contributed by atoms with Crippen LogP contribution in [-0.2, 0) is 23.4 Å². The van der Waals surface area contributed by atoms with Crippen molar-refractivity contribution in [3.63, 3.8) is 0 Å². The molecule has 0 amide bonds. The standard InChI is InChI=1S/C32H32ClN5O4/c1-32(27-8-5-22(33)17-34-27)13-9-21-3-2-4-24(29(21)42-32)20-10-14-37(15-11-20)19-28-35-25-6-7-26(31(39)40)36-30(25)38(28)18-23-12-16-41-23/h2-9,13,17,20,23H,10-12,14-16,18-19H2,1H3,(H,39,40)/t23-,32+/m0/s1. The molecule has 0 unspecified atom stereocenters. The lowest BCUT2D eigenvalue weighted by Crippen LogP contribution is -2.36. The first-order valence-corrected chi connectivity index (χ1v) is 14.8. The van der Waals surface area contributed by atoms with Crippen molar-refractivity contribution in [3.05, 3.63) is 88.1 Å². The van der Waals surface area contributed by atoms with Gasteiger partial charge in [0.15, 0.2) is 16.9 Å². The molecule has 3 aliphatic heterocycles. The van der Waals surface area contributed by atoms with E-state index in [1.54, 1.807) is 12.3 Å². The molecular weight excluding hydrogens is 554 g/mol. The van der Waals surface area contributed by atoms with Crippen molar-refractivity contribution >= 4 is 34.8 Å². The topological polar surface area (TPSA) is 103 Å². The Kier molecular flexibility index (Phi) is 6.96. The number of hydrogen-bond acceptors (Lipinski definition) is 7. The van der Waals surface area contributed by atoms with Crippen LogP contribution in [0.1, 0.15) is 65.2 Å². The predicted molar refractivity (Wildman–Crippen MR) is 159 cm³/mol. The van der Waals surface area contributed by atoms with Crippen LogP contribution >= 0.6 is 11.6 Å². The molecule has 3 aliphatic rings. The summed E-state index contributed by atoms with van der Waals surface area (Å²) in [6.45, 7) is 5.92. The summed E-state index contributed by atoms with van der Waals surface area (Å²) in [4.78, 5) is 27.8. The van der Waals surface area contributed by atoms with E-state index in [-0.39, 0.29) is 11.8 Å². The van der Waals surface area contributed by atoms with Gasteiger partial charge in [0.1, 0.15) is 17.1 Å². The summed E-state index contributed by atoms with van der Waals surface area (Å²) in [7, 11) is 0.